The number of fused-ring (bicyclic) bond motifs is 1. The summed E-state index contributed by atoms with van der Waals surface area (Å²) in [4.78, 5) is 0. The SMILES string of the molecule is N#CC1=C[C@@H]2[C@@H]3[C@@H]1C=C[C@]32C#N. The Morgan fingerprint density at radius 3 is 2.83 bits per heavy atom. The third kappa shape index (κ3) is 0.374. The molecule has 1 fully saturated rings. The van der Waals surface area contributed by atoms with Crippen molar-refractivity contribution in [3.05, 3.63) is 23.8 Å². The maximum Gasteiger partial charge on any atom is 0.0950 e. The van der Waals surface area contributed by atoms with Crippen LogP contribution in [0.25, 0.3) is 0 Å². The van der Waals surface area contributed by atoms with Crippen LogP contribution in [0.3, 0.4) is 0 Å². The Hall–Kier alpha value is -1.54. The van der Waals surface area contributed by atoms with Gasteiger partial charge in [0.05, 0.1) is 17.6 Å². The zero-order chi connectivity index (χ0) is 8.34. The van der Waals surface area contributed by atoms with Crippen LogP contribution in [0.5, 0.6) is 0 Å². The average molecular weight is 154 g/mol. The summed E-state index contributed by atoms with van der Waals surface area (Å²) in [6, 6.07) is 4.54. The summed E-state index contributed by atoms with van der Waals surface area (Å²) >= 11 is 0. The fourth-order valence-corrected chi connectivity index (χ4v) is 2.73. The maximum absolute atomic E-state index is 8.93. The Morgan fingerprint density at radius 2 is 2.25 bits per heavy atom. The summed E-state index contributed by atoms with van der Waals surface area (Å²) in [5, 5.41) is 17.7. The summed E-state index contributed by atoms with van der Waals surface area (Å²) in [5.74, 6) is 1.03. The number of hydrogen-bond donors (Lipinski definition) is 0. The van der Waals surface area contributed by atoms with Gasteiger partial charge in [-0.25, -0.2) is 0 Å². The van der Waals surface area contributed by atoms with E-state index < -0.39 is 0 Å². The van der Waals surface area contributed by atoms with Gasteiger partial charge in [0.15, 0.2) is 0 Å². The van der Waals surface area contributed by atoms with Crippen LogP contribution in [-0.4, -0.2) is 0 Å². The first-order valence-corrected chi connectivity index (χ1v) is 4.06. The Balaban J connectivity index is 2.12. The molecule has 56 valence electrons. The van der Waals surface area contributed by atoms with Crippen molar-refractivity contribution in [1.82, 2.24) is 0 Å². The molecule has 0 radical (unpaired) electrons. The first kappa shape index (κ1) is 6.03. The molecule has 3 rings (SSSR count). The van der Waals surface area contributed by atoms with Gasteiger partial charge in [-0.15, -0.1) is 0 Å². The molecule has 2 nitrogen and oxygen atoms in total. The Morgan fingerprint density at radius 1 is 1.42 bits per heavy atom. The molecular formula is C10H6N2. The lowest BCUT2D eigenvalue weighted by Gasteiger charge is -2.02. The molecular weight excluding hydrogens is 148 g/mol. The van der Waals surface area contributed by atoms with Crippen LogP contribution in [0, 0.1) is 45.8 Å². The summed E-state index contributed by atoms with van der Waals surface area (Å²) in [6.07, 6.45) is 6.00. The van der Waals surface area contributed by atoms with Gasteiger partial charge in [0.25, 0.3) is 0 Å². The van der Waals surface area contributed by atoms with Gasteiger partial charge in [-0.3, -0.25) is 0 Å². The first-order valence-electron chi connectivity index (χ1n) is 4.06. The molecule has 0 aromatic rings. The second-order valence-corrected chi connectivity index (χ2v) is 3.72. The Kier molecular flexibility index (Phi) is 0.739. The van der Waals surface area contributed by atoms with Gasteiger partial charge in [-0.05, 0) is 0 Å². The molecule has 0 heterocycles. The molecule has 0 bridgehead atoms. The van der Waals surface area contributed by atoms with Crippen molar-refractivity contribution in [2.75, 3.05) is 0 Å². The highest BCUT2D eigenvalue weighted by Crippen LogP contribution is 2.72. The van der Waals surface area contributed by atoms with Crippen molar-refractivity contribution >= 4 is 0 Å². The summed E-state index contributed by atoms with van der Waals surface area (Å²) in [7, 11) is 0. The molecule has 0 N–H and O–H groups in total. The van der Waals surface area contributed by atoms with Gasteiger partial charge in [-0.2, -0.15) is 10.5 Å². The largest absolute Gasteiger partial charge is 0.197 e. The van der Waals surface area contributed by atoms with Gasteiger partial charge in [0, 0.05) is 23.3 Å². The fraction of sp³-hybridized carbons (Fsp3) is 0.400. The molecule has 0 unspecified atom stereocenters. The standard InChI is InChI=1S/C10H6N2/c11-4-6-3-8-9-7(6)1-2-10(8,9)5-12/h1-3,7-9H/t7-,8-,9+,10-/m1/s1. The number of nitrogens with zero attached hydrogens (tertiary/aromatic N) is 2. The van der Waals surface area contributed by atoms with Crippen LogP contribution in [0.2, 0.25) is 0 Å². The van der Waals surface area contributed by atoms with Gasteiger partial charge in [-0.1, -0.05) is 18.2 Å². The van der Waals surface area contributed by atoms with Crippen molar-refractivity contribution in [1.29, 1.82) is 10.5 Å². The highest BCUT2D eigenvalue weighted by atomic mass is 14.7. The van der Waals surface area contributed by atoms with Crippen LogP contribution in [0.1, 0.15) is 0 Å². The summed E-state index contributed by atoms with van der Waals surface area (Å²) in [5.41, 5.74) is 0.662. The van der Waals surface area contributed by atoms with E-state index in [-0.39, 0.29) is 11.3 Å². The average Bonchev–Trinajstić information content (AvgIpc) is 2.42. The predicted molar refractivity (Wildman–Crippen MR) is 41.4 cm³/mol. The molecule has 3 aliphatic carbocycles. The molecule has 0 aliphatic heterocycles. The van der Waals surface area contributed by atoms with Crippen molar-refractivity contribution in [3.63, 3.8) is 0 Å². The van der Waals surface area contributed by atoms with E-state index in [2.05, 4.69) is 12.1 Å². The lowest BCUT2D eigenvalue weighted by molar-refractivity contribution is 0.647. The van der Waals surface area contributed by atoms with Crippen molar-refractivity contribution in [2.24, 2.45) is 23.2 Å². The smallest absolute Gasteiger partial charge is 0.0950 e. The first-order chi connectivity index (χ1) is 5.83. The van der Waals surface area contributed by atoms with Crippen LogP contribution in [0.15, 0.2) is 23.8 Å². The second-order valence-electron chi connectivity index (χ2n) is 3.72. The van der Waals surface area contributed by atoms with Crippen LogP contribution in [-0.2, 0) is 0 Å². The second kappa shape index (κ2) is 1.47. The zero-order valence-electron chi connectivity index (χ0n) is 6.36. The molecule has 1 saturated carbocycles. The number of rotatable bonds is 0. The molecule has 0 amide bonds. The van der Waals surface area contributed by atoms with E-state index in [1.54, 1.807) is 0 Å². The molecule has 0 saturated heterocycles. The van der Waals surface area contributed by atoms with Gasteiger partial charge in [0.1, 0.15) is 0 Å². The Labute approximate surface area is 70.4 Å². The van der Waals surface area contributed by atoms with E-state index in [9.17, 15) is 0 Å². The predicted octanol–water partition coefficient (Wildman–Crippen LogP) is 1.39. The van der Waals surface area contributed by atoms with E-state index in [1.807, 2.05) is 18.2 Å². The highest BCUT2D eigenvalue weighted by molar-refractivity contribution is 5.53. The van der Waals surface area contributed by atoms with E-state index >= 15 is 0 Å². The van der Waals surface area contributed by atoms with Crippen LogP contribution < -0.4 is 0 Å². The lowest BCUT2D eigenvalue weighted by atomic mass is 9.97. The minimum atomic E-state index is -0.203. The Bertz CT molecular complexity index is 405. The van der Waals surface area contributed by atoms with E-state index in [0.29, 0.717) is 11.8 Å². The fourth-order valence-electron chi connectivity index (χ4n) is 2.73. The minimum Gasteiger partial charge on any atom is -0.197 e. The third-order valence-corrected chi connectivity index (χ3v) is 3.39. The number of nitriles is 2. The van der Waals surface area contributed by atoms with Crippen molar-refractivity contribution in [2.45, 2.75) is 0 Å². The molecule has 3 aliphatic rings. The zero-order valence-corrected chi connectivity index (χ0v) is 6.36. The molecule has 4 atom stereocenters. The molecule has 12 heavy (non-hydrogen) atoms. The molecule has 0 aromatic heterocycles. The van der Waals surface area contributed by atoms with Crippen LogP contribution in [0.4, 0.5) is 0 Å². The normalized spacial score (nSPS) is 50.8. The molecule has 0 spiro atoms. The number of allylic oxidation sites excluding steroid dienone is 4. The molecule has 2 heteroatoms. The van der Waals surface area contributed by atoms with E-state index in [1.165, 1.54) is 0 Å². The number of hydrogen-bond acceptors (Lipinski definition) is 2. The quantitative estimate of drug-likeness (QED) is 0.495. The summed E-state index contributed by atoms with van der Waals surface area (Å²) < 4.78 is 0. The minimum absolute atomic E-state index is 0.203. The summed E-state index contributed by atoms with van der Waals surface area (Å²) in [6.45, 7) is 0. The van der Waals surface area contributed by atoms with Crippen molar-refractivity contribution in [3.8, 4) is 12.1 Å². The van der Waals surface area contributed by atoms with Crippen molar-refractivity contribution < 1.29 is 0 Å². The lowest BCUT2D eigenvalue weighted by Crippen LogP contribution is -2.01. The topological polar surface area (TPSA) is 47.6 Å². The van der Waals surface area contributed by atoms with Crippen LogP contribution >= 0.6 is 0 Å². The maximum atomic E-state index is 8.93. The van der Waals surface area contributed by atoms with Gasteiger partial charge in [0.2, 0.25) is 0 Å². The monoisotopic (exact) mass is 154 g/mol. The van der Waals surface area contributed by atoms with Gasteiger partial charge >= 0.3 is 0 Å². The van der Waals surface area contributed by atoms with E-state index in [4.69, 9.17) is 10.5 Å². The molecule has 0 aromatic carbocycles. The van der Waals surface area contributed by atoms with Gasteiger partial charge < -0.3 is 0 Å². The third-order valence-electron chi connectivity index (χ3n) is 3.39. The highest BCUT2D eigenvalue weighted by Gasteiger charge is 2.71. The van der Waals surface area contributed by atoms with E-state index in [0.717, 1.165) is 5.57 Å².